The number of likely N-dealkylation sites (tertiary alicyclic amines) is 1. The number of hydrogen-bond donors (Lipinski definition) is 2. The SMILES string of the molecule is FC(F)CN1CC2(CNC2)C1.O=C(O)C(F)(F)F. The fourth-order valence-corrected chi connectivity index (χ4v) is 1.93. The van der Waals surface area contributed by atoms with Crippen molar-refractivity contribution < 1.29 is 31.9 Å². The molecule has 2 saturated heterocycles. The van der Waals surface area contributed by atoms with E-state index in [0.717, 1.165) is 26.2 Å². The molecule has 0 aromatic carbocycles. The average molecular weight is 276 g/mol. The van der Waals surface area contributed by atoms with Gasteiger partial charge >= 0.3 is 12.1 Å². The number of carboxylic acids is 1. The standard InChI is InChI=1S/C7H12F2N2.C2HF3O2/c8-6(9)1-11-4-7(5-11)2-10-3-7;3-2(4,5)1(6)7/h6,10H,1-5H2;(H,6,7). The number of rotatable bonds is 2. The van der Waals surface area contributed by atoms with Crippen LogP contribution in [0.4, 0.5) is 22.0 Å². The second-order valence-corrected chi connectivity index (χ2v) is 4.47. The maximum Gasteiger partial charge on any atom is 0.490 e. The predicted octanol–water partition coefficient (Wildman–Crippen LogP) is 0.790. The first kappa shape index (κ1) is 15.1. The summed E-state index contributed by atoms with van der Waals surface area (Å²) in [6.07, 6.45) is -7.25. The number of nitrogens with zero attached hydrogens (tertiary/aromatic N) is 1. The lowest BCUT2D eigenvalue weighted by Gasteiger charge is -2.56. The van der Waals surface area contributed by atoms with Gasteiger partial charge in [0.2, 0.25) is 0 Å². The lowest BCUT2D eigenvalue weighted by molar-refractivity contribution is -0.192. The molecule has 0 radical (unpaired) electrons. The van der Waals surface area contributed by atoms with Gasteiger partial charge in [0.15, 0.2) is 0 Å². The highest BCUT2D eigenvalue weighted by Gasteiger charge is 2.47. The van der Waals surface area contributed by atoms with Crippen molar-refractivity contribution in [2.75, 3.05) is 32.7 Å². The predicted molar refractivity (Wildman–Crippen MR) is 51.4 cm³/mol. The van der Waals surface area contributed by atoms with Crippen molar-refractivity contribution in [3.8, 4) is 0 Å². The fraction of sp³-hybridized carbons (Fsp3) is 0.889. The third-order valence-electron chi connectivity index (χ3n) is 2.76. The van der Waals surface area contributed by atoms with Crippen LogP contribution in [0.15, 0.2) is 0 Å². The Morgan fingerprint density at radius 2 is 1.78 bits per heavy atom. The highest BCUT2D eigenvalue weighted by atomic mass is 19.4. The number of carboxylic acid groups (broad SMARTS) is 1. The van der Waals surface area contributed by atoms with E-state index >= 15 is 0 Å². The third kappa shape index (κ3) is 4.05. The Kier molecular flexibility index (Phi) is 4.49. The normalized spacial score (nSPS) is 21.9. The first-order valence-electron chi connectivity index (χ1n) is 5.16. The van der Waals surface area contributed by atoms with Crippen molar-refractivity contribution in [2.24, 2.45) is 5.41 Å². The van der Waals surface area contributed by atoms with Crippen LogP contribution in [0.5, 0.6) is 0 Å². The van der Waals surface area contributed by atoms with Gasteiger partial charge < -0.3 is 10.4 Å². The van der Waals surface area contributed by atoms with Crippen LogP contribution >= 0.6 is 0 Å². The Balaban J connectivity index is 0.000000203. The van der Waals surface area contributed by atoms with Crippen LogP contribution in [0.25, 0.3) is 0 Å². The molecule has 2 rings (SSSR count). The number of hydrogen-bond acceptors (Lipinski definition) is 3. The smallest absolute Gasteiger partial charge is 0.475 e. The zero-order chi connectivity index (χ0) is 14.0. The highest BCUT2D eigenvalue weighted by molar-refractivity contribution is 5.73. The Morgan fingerprint density at radius 3 is 2.00 bits per heavy atom. The molecule has 0 bridgehead atoms. The van der Waals surface area contributed by atoms with Crippen LogP contribution in [0.3, 0.4) is 0 Å². The van der Waals surface area contributed by atoms with E-state index in [1.54, 1.807) is 0 Å². The number of aliphatic carboxylic acids is 1. The van der Waals surface area contributed by atoms with Crippen LogP contribution in [0, 0.1) is 5.41 Å². The lowest BCUT2D eigenvalue weighted by atomic mass is 9.74. The van der Waals surface area contributed by atoms with Gasteiger partial charge in [0.1, 0.15) is 0 Å². The Labute approximate surface area is 99.7 Å². The van der Waals surface area contributed by atoms with E-state index in [-0.39, 0.29) is 6.54 Å². The van der Waals surface area contributed by atoms with Crippen molar-refractivity contribution in [1.82, 2.24) is 10.2 Å². The summed E-state index contributed by atoms with van der Waals surface area (Å²) in [7, 11) is 0. The second kappa shape index (κ2) is 5.35. The maximum atomic E-state index is 11.8. The van der Waals surface area contributed by atoms with E-state index in [4.69, 9.17) is 9.90 Å². The van der Waals surface area contributed by atoms with E-state index < -0.39 is 18.6 Å². The minimum atomic E-state index is -5.08. The van der Waals surface area contributed by atoms with E-state index in [1.165, 1.54) is 0 Å². The third-order valence-corrected chi connectivity index (χ3v) is 2.76. The van der Waals surface area contributed by atoms with Gasteiger partial charge in [0, 0.05) is 31.6 Å². The summed E-state index contributed by atoms with van der Waals surface area (Å²) >= 11 is 0. The molecule has 2 fully saturated rings. The number of halogens is 5. The molecule has 0 atom stereocenters. The van der Waals surface area contributed by atoms with Gasteiger partial charge in [-0.25, -0.2) is 13.6 Å². The molecule has 2 aliphatic heterocycles. The Morgan fingerprint density at radius 1 is 1.33 bits per heavy atom. The topological polar surface area (TPSA) is 52.6 Å². The number of alkyl halides is 5. The van der Waals surface area contributed by atoms with Gasteiger partial charge in [-0.15, -0.1) is 0 Å². The lowest BCUT2D eigenvalue weighted by Crippen LogP contribution is -2.71. The van der Waals surface area contributed by atoms with Crippen LogP contribution in [-0.4, -0.2) is 61.3 Å². The summed E-state index contributed by atoms with van der Waals surface area (Å²) in [5, 5.41) is 10.3. The largest absolute Gasteiger partial charge is 0.490 e. The van der Waals surface area contributed by atoms with Crippen LogP contribution in [0.2, 0.25) is 0 Å². The molecule has 0 saturated carbocycles. The Bertz CT molecular complexity index is 296. The molecular formula is C9H13F5N2O2. The summed E-state index contributed by atoms with van der Waals surface area (Å²) in [5.41, 5.74) is 0.384. The molecule has 0 aromatic rings. The molecule has 2 aliphatic rings. The molecular weight excluding hydrogens is 263 g/mol. The molecule has 0 amide bonds. The van der Waals surface area contributed by atoms with Gasteiger partial charge in [-0.05, 0) is 0 Å². The van der Waals surface area contributed by atoms with Crippen molar-refractivity contribution in [1.29, 1.82) is 0 Å². The summed E-state index contributed by atoms with van der Waals surface area (Å²) in [6.45, 7) is 3.73. The molecule has 0 aliphatic carbocycles. The highest BCUT2D eigenvalue weighted by Crippen LogP contribution is 2.33. The fourth-order valence-electron chi connectivity index (χ4n) is 1.93. The van der Waals surface area contributed by atoms with Crippen LogP contribution in [0.1, 0.15) is 0 Å². The molecule has 4 nitrogen and oxygen atoms in total. The Hall–Kier alpha value is -0.960. The van der Waals surface area contributed by atoms with Crippen molar-refractivity contribution in [3.63, 3.8) is 0 Å². The zero-order valence-corrected chi connectivity index (χ0v) is 9.31. The minimum absolute atomic E-state index is 0.0399. The maximum absolute atomic E-state index is 11.8. The van der Waals surface area contributed by atoms with Crippen LogP contribution in [-0.2, 0) is 4.79 Å². The van der Waals surface area contributed by atoms with Crippen LogP contribution < -0.4 is 5.32 Å². The van der Waals surface area contributed by atoms with E-state index in [2.05, 4.69) is 5.32 Å². The molecule has 0 aromatic heterocycles. The molecule has 106 valence electrons. The first-order valence-corrected chi connectivity index (χ1v) is 5.16. The summed E-state index contributed by atoms with van der Waals surface area (Å²) < 4.78 is 55.4. The molecule has 2 N–H and O–H groups in total. The summed E-state index contributed by atoms with van der Waals surface area (Å²) in [6, 6.07) is 0. The zero-order valence-electron chi connectivity index (χ0n) is 9.31. The van der Waals surface area contributed by atoms with Gasteiger partial charge in [-0.3, -0.25) is 4.90 Å². The molecule has 0 unspecified atom stereocenters. The molecule has 1 spiro atoms. The molecule has 2 heterocycles. The second-order valence-electron chi connectivity index (χ2n) is 4.47. The molecule has 18 heavy (non-hydrogen) atoms. The van der Waals surface area contributed by atoms with Crippen molar-refractivity contribution in [3.05, 3.63) is 0 Å². The van der Waals surface area contributed by atoms with Crippen molar-refractivity contribution in [2.45, 2.75) is 12.6 Å². The van der Waals surface area contributed by atoms with Gasteiger partial charge in [0.05, 0.1) is 6.54 Å². The van der Waals surface area contributed by atoms with E-state index in [1.807, 2.05) is 4.90 Å². The van der Waals surface area contributed by atoms with Gasteiger partial charge in [-0.1, -0.05) is 0 Å². The monoisotopic (exact) mass is 276 g/mol. The summed E-state index contributed by atoms with van der Waals surface area (Å²) in [5.74, 6) is -2.76. The summed E-state index contributed by atoms with van der Waals surface area (Å²) in [4.78, 5) is 10.7. The number of nitrogens with one attached hydrogen (secondary N) is 1. The first-order chi connectivity index (χ1) is 8.15. The number of carbonyl (C=O) groups is 1. The average Bonchev–Trinajstić information content (AvgIpc) is 2.06. The van der Waals surface area contributed by atoms with Gasteiger partial charge in [0.25, 0.3) is 6.43 Å². The van der Waals surface area contributed by atoms with E-state index in [9.17, 15) is 22.0 Å². The van der Waals surface area contributed by atoms with Gasteiger partial charge in [-0.2, -0.15) is 13.2 Å². The van der Waals surface area contributed by atoms with Crippen molar-refractivity contribution >= 4 is 5.97 Å². The minimum Gasteiger partial charge on any atom is -0.475 e. The molecule has 9 heteroatoms. The quantitative estimate of drug-likeness (QED) is 0.732. The van der Waals surface area contributed by atoms with E-state index in [0.29, 0.717) is 5.41 Å².